The van der Waals surface area contributed by atoms with Crippen LogP contribution in [0.1, 0.15) is 0 Å². The lowest BCUT2D eigenvalue weighted by molar-refractivity contribution is 0.174. The maximum absolute atomic E-state index is 13.6. The van der Waals surface area contributed by atoms with Crippen molar-refractivity contribution in [3.05, 3.63) is 60.4 Å². The van der Waals surface area contributed by atoms with Crippen LogP contribution in [0.5, 0.6) is 17.2 Å². The molecule has 5 nitrogen and oxygen atoms in total. The number of phenolic OH excluding ortho intramolecular Hbond substituents is 1. The van der Waals surface area contributed by atoms with Crippen LogP contribution >= 0.6 is 0 Å². The van der Waals surface area contributed by atoms with Crippen molar-refractivity contribution in [2.45, 2.75) is 0 Å². The lowest BCUT2D eigenvalue weighted by Crippen LogP contribution is -1.92. The Morgan fingerprint density at radius 3 is 2.65 bits per heavy atom. The number of fused-ring (bicyclic) bond motifs is 2. The lowest BCUT2D eigenvalue weighted by atomic mass is 10.0. The number of ether oxygens (including phenoxy) is 2. The van der Waals surface area contributed by atoms with E-state index in [9.17, 15) is 9.50 Å². The van der Waals surface area contributed by atoms with E-state index >= 15 is 0 Å². The summed E-state index contributed by atoms with van der Waals surface area (Å²) in [7, 11) is 0. The van der Waals surface area contributed by atoms with Crippen molar-refractivity contribution >= 4 is 11.1 Å². The van der Waals surface area contributed by atoms with Crippen molar-refractivity contribution in [2.75, 3.05) is 6.79 Å². The smallest absolute Gasteiger partial charge is 0.231 e. The maximum atomic E-state index is 13.6. The Balaban J connectivity index is 1.59. The third-order valence-corrected chi connectivity index (χ3v) is 4.31. The first kappa shape index (κ1) is 14.8. The van der Waals surface area contributed by atoms with E-state index in [0.717, 1.165) is 16.9 Å². The van der Waals surface area contributed by atoms with Crippen LogP contribution in [0.2, 0.25) is 0 Å². The zero-order valence-electron chi connectivity index (χ0n) is 13.4. The number of benzene rings is 3. The highest BCUT2D eigenvalue weighted by Crippen LogP contribution is 2.37. The first-order valence-electron chi connectivity index (χ1n) is 7.97. The summed E-state index contributed by atoms with van der Waals surface area (Å²) in [5.41, 5.74) is 3.24. The molecule has 0 aliphatic carbocycles. The van der Waals surface area contributed by atoms with Gasteiger partial charge in [-0.1, -0.05) is 18.2 Å². The van der Waals surface area contributed by atoms with Gasteiger partial charge in [0.2, 0.25) is 12.7 Å². The van der Waals surface area contributed by atoms with E-state index in [4.69, 9.17) is 13.9 Å². The fourth-order valence-electron chi connectivity index (χ4n) is 2.98. The molecule has 0 radical (unpaired) electrons. The first-order valence-corrected chi connectivity index (χ1v) is 7.97. The maximum Gasteiger partial charge on any atom is 0.231 e. The summed E-state index contributed by atoms with van der Waals surface area (Å²) < 4.78 is 30.1. The fraction of sp³-hybridized carbons (Fsp3) is 0.0500. The molecule has 0 fully saturated rings. The summed E-state index contributed by atoms with van der Waals surface area (Å²) in [6.07, 6.45) is 0. The average molecular weight is 349 g/mol. The zero-order chi connectivity index (χ0) is 17.7. The van der Waals surface area contributed by atoms with Crippen molar-refractivity contribution in [3.8, 4) is 39.8 Å². The van der Waals surface area contributed by atoms with Gasteiger partial charge in [0.15, 0.2) is 28.6 Å². The van der Waals surface area contributed by atoms with E-state index in [1.165, 1.54) is 12.1 Å². The van der Waals surface area contributed by atoms with Crippen LogP contribution in [0.4, 0.5) is 4.39 Å². The van der Waals surface area contributed by atoms with E-state index < -0.39 is 11.6 Å². The number of para-hydroxylation sites is 1. The Labute approximate surface area is 147 Å². The van der Waals surface area contributed by atoms with E-state index in [-0.39, 0.29) is 18.2 Å². The third kappa shape index (κ3) is 2.27. The van der Waals surface area contributed by atoms with Crippen molar-refractivity contribution < 1.29 is 23.4 Å². The Morgan fingerprint density at radius 2 is 1.73 bits per heavy atom. The van der Waals surface area contributed by atoms with Gasteiger partial charge in [-0.3, -0.25) is 0 Å². The van der Waals surface area contributed by atoms with Gasteiger partial charge in [0.1, 0.15) is 5.52 Å². The summed E-state index contributed by atoms with van der Waals surface area (Å²) in [6.45, 7) is 0.223. The summed E-state index contributed by atoms with van der Waals surface area (Å²) in [6, 6.07) is 15.5. The number of hydrogen-bond donors (Lipinski definition) is 1. The van der Waals surface area contributed by atoms with Crippen molar-refractivity contribution in [2.24, 2.45) is 0 Å². The highest BCUT2D eigenvalue weighted by Gasteiger charge is 2.17. The van der Waals surface area contributed by atoms with Crippen LogP contribution < -0.4 is 9.47 Å². The van der Waals surface area contributed by atoms with Crippen LogP contribution in [0.15, 0.2) is 59.0 Å². The molecule has 1 aromatic heterocycles. The molecule has 0 unspecified atom stereocenters. The molecule has 26 heavy (non-hydrogen) atoms. The molecule has 0 bridgehead atoms. The normalized spacial score (nSPS) is 12.7. The molecular weight excluding hydrogens is 337 g/mol. The molecule has 0 saturated carbocycles. The summed E-state index contributed by atoms with van der Waals surface area (Å²) in [4.78, 5) is 4.34. The Hall–Kier alpha value is -3.54. The molecular formula is C20H12FNO4. The van der Waals surface area contributed by atoms with Gasteiger partial charge >= 0.3 is 0 Å². The van der Waals surface area contributed by atoms with Crippen LogP contribution in [0.25, 0.3) is 33.7 Å². The first-order chi connectivity index (χ1) is 12.7. The van der Waals surface area contributed by atoms with Gasteiger partial charge < -0.3 is 19.0 Å². The van der Waals surface area contributed by atoms with Crippen molar-refractivity contribution in [1.29, 1.82) is 0 Å². The van der Waals surface area contributed by atoms with Gasteiger partial charge in [0.05, 0.1) is 5.56 Å². The molecule has 0 saturated heterocycles. The second kappa shape index (κ2) is 5.49. The van der Waals surface area contributed by atoms with Crippen LogP contribution in [-0.4, -0.2) is 16.9 Å². The minimum absolute atomic E-state index is 0.167. The number of nitrogens with zero attached hydrogens (tertiary/aromatic N) is 1. The Morgan fingerprint density at radius 1 is 0.923 bits per heavy atom. The molecule has 1 aliphatic rings. The molecule has 0 amide bonds. The monoisotopic (exact) mass is 349 g/mol. The number of oxazole rings is 1. The summed E-state index contributed by atoms with van der Waals surface area (Å²) >= 11 is 0. The molecule has 128 valence electrons. The molecule has 5 rings (SSSR count). The molecule has 3 aromatic carbocycles. The predicted molar refractivity (Wildman–Crippen MR) is 92.6 cm³/mol. The Kier molecular flexibility index (Phi) is 3.12. The number of phenols is 1. The minimum Gasteiger partial charge on any atom is -0.504 e. The molecule has 4 aromatic rings. The topological polar surface area (TPSA) is 64.7 Å². The third-order valence-electron chi connectivity index (χ3n) is 4.31. The van der Waals surface area contributed by atoms with E-state index in [1.807, 2.05) is 36.4 Å². The molecule has 0 atom stereocenters. The van der Waals surface area contributed by atoms with Gasteiger partial charge in [-0.25, -0.2) is 9.37 Å². The molecule has 0 spiro atoms. The number of rotatable bonds is 2. The van der Waals surface area contributed by atoms with E-state index in [0.29, 0.717) is 16.8 Å². The minimum atomic E-state index is -0.717. The second-order valence-electron chi connectivity index (χ2n) is 5.91. The lowest BCUT2D eigenvalue weighted by Gasteiger charge is -2.03. The molecule has 6 heteroatoms. The van der Waals surface area contributed by atoms with Crippen molar-refractivity contribution in [1.82, 2.24) is 4.98 Å². The SMILES string of the molecule is Oc1c(F)cccc1-c1nc2ccc(-c3ccc4c(c3)OCO4)cc2o1. The van der Waals surface area contributed by atoms with Gasteiger partial charge in [-0.15, -0.1) is 0 Å². The number of halogens is 1. The number of hydrogen-bond acceptors (Lipinski definition) is 5. The van der Waals surface area contributed by atoms with E-state index in [2.05, 4.69) is 4.98 Å². The van der Waals surface area contributed by atoms with Crippen molar-refractivity contribution in [3.63, 3.8) is 0 Å². The van der Waals surface area contributed by atoms with Crippen LogP contribution in [0.3, 0.4) is 0 Å². The quantitative estimate of drug-likeness (QED) is 0.566. The largest absolute Gasteiger partial charge is 0.504 e. The summed E-state index contributed by atoms with van der Waals surface area (Å²) in [5, 5.41) is 9.90. The van der Waals surface area contributed by atoms with E-state index in [1.54, 1.807) is 6.07 Å². The fourth-order valence-corrected chi connectivity index (χ4v) is 2.98. The standard InChI is InChI=1S/C20H12FNO4/c21-14-3-1-2-13(19(14)23)20-22-15-6-4-11(8-17(15)26-20)12-5-7-16-18(9-12)25-10-24-16/h1-9,23H,10H2. The molecule has 2 heterocycles. The Bertz CT molecular complexity index is 1150. The highest BCUT2D eigenvalue weighted by atomic mass is 19.1. The molecule has 1 N–H and O–H groups in total. The zero-order valence-corrected chi connectivity index (χ0v) is 13.4. The van der Waals surface area contributed by atoms with Gasteiger partial charge in [-0.2, -0.15) is 0 Å². The van der Waals surface area contributed by atoms with Gasteiger partial charge in [0.25, 0.3) is 0 Å². The predicted octanol–water partition coefficient (Wildman–Crippen LogP) is 4.74. The second-order valence-corrected chi connectivity index (χ2v) is 5.91. The average Bonchev–Trinajstić information content (AvgIpc) is 3.28. The molecule has 1 aliphatic heterocycles. The highest BCUT2D eigenvalue weighted by molar-refractivity contribution is 5.83. The number of aromatic nitrogens is 1. The van der Waals surface area contributed by atoms with Crippen LogP contribution in [-0.2, 0) is 0 Å². The number of aromatic hydroxyl groups is 1. The van der Waals surface area contributed by atoms with Gasteiger partial charge in [0, 0.05) is 0 Å². The van der Waals surface area contributed by atoms with Gasteiger partial charge in [-0.05, 0) is 47.5 Å². The summed E-state index contributed by atoms with van der Waals surface area (Å²) in [5.74, 6) is 0.393. The van der Waals surface area contributed by atoms with Crippen LogP contribution in [0, 0.1) is 5.82 Å².